The van der Waals surface area contributed by atoms with Gasteiger partial charge in [-0.2, -0.15) is 0 Å². The molecule has 74 valence electrons. The molecule has 0 saturated carbocycles. The first-order valence-corrected chi connectivity index (χ1v) is 4.29. The van der Waals surface area contributed by atoms with Crippen LogP contribution < -0.4 is 5.73 Å². The van der Waals surface area contributed by atoms with Crippen LogP contribution in [0.1, 0.15) is 19.8 Å². The summed E-state index contributed by atoms with van der Waals surface area (Å²) in [7, 11) is 0. The number of carbonyl (C=O) groups is 2. The van der Waals surface area contributed by atoms with Gasteiger partial charge < -0.3 is 15.7 Å². The molecule has 3 N–H and O–H groups in total. The molecule has 5 heteroatoms. The van der Waals surface area contributed by atoms with Gasteiger partial charge in [0.05, 0.1) is 0 Å². The van der Waals surface area contributed by atoms with Gasteiger partial charge in [-0.05, 0) is 0 Å². The fraction of sp³-hybridized carbons (Fsp3) is 0.750. The van der Waals surface area contributed by atoms with E-state index in [2.05, 4.69) is 0 Å². The predicted octanol–water partition coefficient (Wildman–Crippen LogP) is -0.951. The summed E-state index contributed by atoms with van der Waals surface area (Å²) in [4.78, 5) is 23.1. The molecule has 0 aromatic carbocycles. The smallest absolute Gasteiger partial charge is 0.227 e. The Morgan fingerprint density at radius 3 is 2.77 bits per heavy atom. The van der Waals surface area contributed by atoms with Crippen LogP contribution >= 0.6 is 0 Å². The molecule has 1 heterocycles. The van der Waals surface area contributed by atoms with E-state index in [1.165, 1.54) is 4.90 Å². The molecule has 1 aliphatic heterocycles. The largest absolute Gasteiger partial charge is 0.373 e. The van der Waals surface area contributed by atoms with Gasteiger partial charge in [0.2, 0.25) is 11.8 Å². The van der Waals surface area contributed by atoms with Crippen molar-refractivity contribution in [3.05, 3.63) is 0 Å². The Hall–Kier alpha value is -1.10. The van der Waals surface area contributed by atoms with Crippen LogP contribution in [0, 0.1) is 5.92 Å². The lowest BCUT2D eigenvalue weighted by Gasteiger charge is -2.19. The number of likely N-dealkylation sites (tertiary alicyclic amines) is 1. The highest BCUT2D eigenvalue weighted by atomic mass is 16.3. The lowest BCUT2D eigenvalue weighted by molar-refractivity contribution is -0.135. The fourth-order valence-electron chi connectivity index (χ4n) is 1.46. The zero-order valence-corrected chi connectivity index (χ0v) is 7.56. The first kappa shape index (κ1) is 9.98. The van der Waals surface area contributed by atoms with E-state index in [0.717, 1.165) is 0 Å². The van der Waals surface area contributed by atoms with Crippen molar-refractivity contribution in [3.8, 4) is 0 Å². The number of amides is 2. The van der Waals surface area contributed by atoms with Gasteiger partial charge in [-0.1, -0.05) is 6.92 Å². The van der Waals surface area contributed by atoms with Crippen molar-refractivity contribution in [3.63, 3.8) is 0 Å². The third-order valence-corrected chi connectivity index (χ3v) is 2.23. The molecule has 1 rings (SSSR count). The number of nitrogens with two attached hydrogens (primary N) is 1. The summed E-state index contributed by atoms with van der Waals surface area (Å²) in [6.07, 6.45) is -0.200. The van der Waals surface area contributed by atoms with Gasteiger partial charge in [-0.3, -0.25) is 9.59 Å². The highest BCUT2D eigenvalue weighted by Crippen LogP contribution is 2.22. The SMILES string of the molecule is CC1CC(O)N(CCC(N)=O)C1=O. The second kappa shape index (κ2) is 3.74. The van der Waals surface area contributed by atoms with E-state index in [1.54, 1.807) is 6.92 Å². The summed E-state index contributed by atoms with van der Waals surface area (Å²) in [5.74, 6) is -0.712. The standard InChI is InChI=1S/C8H14N2O3/c1-5-4-7(12)10(8(5)13)3-2-6(9)11/h5,7,12H,2-4H2,1H3,(H2,9,11). The Labute approximate surface area is 76.5 Å². The van der Waals surface area contributed by atoms with Crippen molar-refractivity contribution < 1.29 is 14.7 Å². The highest BCUT2D eigenvalue weighted by molar-refractivity contribution is 5.81. The van der Waals surface area contributed by atoms with Crippen LogP contribution in [0.25, 0.3) is 0 Å². The predicted molar refractivity (Wildman–Crippen MR) is 45.3 cm³/mol. The molecule has 0 aromatic heterocycles. The monoisotopic (exact) mass is 186 g/mol. The Kier molecular flexibility index (Phi) is 2.87. The average molecular weight is 186 g/mol. The minimum atomic E-state index is -0.748. The number of aliphatic hydroxyl groups excluding tert-OH is 1. The molecular formula is C8H14N2O3. The van der Waals surface area contributed by atoms with Crippen LogP contribution in [0.3, 0.4) is 0 Å². The second-order valence-electron chi connectivity index (χ2n) is 3.37. The van der Waals surface area contributed by atoms with Crippen LogP contribution in [0.5, 0.6) is 0 Å². The third-order valence-electron chi connectivity index (χ3n) is 2.23. The Bertz CT molecular complexity index is 229. The zero-order chi connectivity index (χ0) is 10.0. The molecular weight excluding hydrogens is 172 g/mol. The molecule has 1 fully saturated rings. The number of nitrogens with zero attached hydrogens (tertiary/aromatic N) is 1. The zero-order valence-electron chi connectivity index (χ0n) is 7.56. The molecule has 0 aliphatic carbocycles. The number of hydrogen-bond donors (Lipinski definition) is 2. The van der Waals surface area contributed by atoms with E-state index in [1.807, 2.05) is 0 Å². The normalized spacial score (nSPS) is 28.2. The summed E-state index contributed by atoms with van der Waals surface area (Å²) in [6.45, 7) is 1.98. The van der Waals surface area contributed by atoms with Gasteiger partial charge in [-0.15, -0.1) is 0 Å². The van der Waals surface area contributed by atoms with Crippen LogP contribution in [0.2, 0.25) is 0 Å². The van der Waals surface area contributed by atoms with Crippen LogP contribution in [-0.4, -0.2) is 34.6 Å². The summed E-state index contributed by atoms with van der Waals surface area (Å²) < 4.78 is 0. The van der Waals surface area contributed by atoms with E-state index in [0.29, 0.717) is 6.42 Å². The van der Waals surface area contributed by atoms with Crippen molar-refractivity contribution in [2.45, 2.75) is 26.0 Å². The van der Waals surface area contributed by atoms with Crippen LogP contribution in [0.15, 0.2) is 0 Å². The van der Waals surface area contributed by atoms with Crippen molar-refractivity contribution in [2.24, 2.45) is 11.7 Å². The van der Waals surface area contributed by atoms with Gasteiger partial charge in [0.1, 0.15) is 6.23 Å². The maximum absolute atomic E-state index is 11.3. The van der Waals surface area contributed by atoms with E-state index in [4.69, 9.17) is 5.73 Å². The van der Waals surface area contributed by atoms with E-state index < -0.39 is 12.1 Å². The first-order chi connectivity index (χ1) is 6.02. The maximum atomic E-state index is 11.3. The minimum absolute atomic E-state index is 0.103. The van der Waals surface area contributed by atoms with Crippen molar-refractivity contribution in [1.82, 2.24) is 4.90 Å². The Morgan fingerprint density at radius 2 is 2.38 bits per heavy atom. The fourth-order valence-corrected chi connectivity index (χ4v) is 1.46. The summed E-state index contributed by atoms with van der Waals surface area (Å²) in [5, 5.41) is 9.40. The van der Waals surface area contributed by atoms with Crippen LogP contribution in [-0.2, 0) is 9.59 Å². The van der Waals surface area contributed by atoms with Gasteiger partial charge >= 0.3 is 0 Å². The molecule has 0 spiro atoms. The van der Waals surface area contributed by atoms with Crippen molar-refractivity contribution >= 4 is 11.8 Å². The highest BCUT2D eigenvalue weighted by Gasteiger charge is 2.35. The molecule has 1 saturated heterocycles. The lowest BCUT2D eigenvalue weighted by Crippen LogP contribution is -2.36. The molecule has 0 radical (unpaired) electrons. The number of primary amides is 1. The topological polar surface area (TPSA) is 83.6 Å². The minimum Gasteiger partial charge on any atom is -0.373 e. The lowest BCUT2D eigenvalue weighted by atomic mass is 10.1. The van der Waals surface area contributed by atoms with Crippen molar-refractivity contribution in [1.29, 1.82) is 0 Å². The summed E-state index contributed by atoms with van der Waals surface area (Å²) >= 11 is 0. The van der Waals surface area contributed by atoms with E-state index in [9.17, 15) is 14.7 Å². The average Bonchev–Trinajstić information content (AvgIpc) is 2.24. The second-order valence-corrected chi connectivity index (χ2v) is 3.37. The number of aliphatic hydroxyl groups is 1. The molecule has 2 amide bonds. The summed E-state index contributed by atoms with van der Waals surface area (Å²) in [5.41, 5.74) is 4.94. The van der Waals surface area contributed by atoms with Gasteiger partial charge in [0.25, 0.3) is 0 Å². The molecule has 5 nitrogen and oxygen atoms in total. The quantitative estimate of drug-likeness (QED) is 0.596. The third kappa shape index (κ3) is 2.18. The van der Waals surface area contributed by atoms with Gasteiger partial charge in [0, 0.05) is 25.3 Å². The maximum Gasteiger partial charge on any atom is 0.227 e. The molecule has 2 unspecified atom stereocenters. The number of rotatable bonds is 3. The van der Waals surface area contributed by atoms with Gasteiger partial charge in [0.15, 0.2) is 0 Å². The molecule has 0 bridgehead atoms. The van der Waals surface area contributed by atoms with E-state index >= 15 is 0 Å². The summed E-state index contributed by atoms with van der Waals surface area (Å²) in [6, 6.07) is 0. The Balaban J connectivity index is 2.49. The van der Waals surface area contributed by atoms with E-state index in [-0.39, 0.29) is 24.8 Å². The van der Waals surface area contributed by atoms with Gasteiger partial charge in [-0.25, -0.2) is 0 Å². The molecule has 2 atom stereocenters. The molecule has 13 heavy (non-hydrogen) atoms. The molecule has 0 aromatic rings. The molecule has 1 aliphatic rings. The Morgan fingerprint density at radius 1 is 1.77 bits per heavy atom. The van der Waals surface area contributed by atoms with Crippen molar-refractivity contribution in [2.75, 3.05) is 6.54 Å². The van der Waals surface area contributed by atoms with Crippen LogP contribution in [0.4, 0.5) is 0 Å². The number of carbonyl (C=O) groups excluding carboxylic acids is 2. The first-order valence-electron chi connectivity index (χ1n) is 4.29. The number of hydrogen-bond acceptors (Lipinski definition) is 3.